The van der Waals surface area contributed by atoms with Crippen molar-refractivity contribution in [2.24, 2.45) is 0 Å². The fourth-order valence-corrected chi connectivity index (χ4v) is 5.82. The van der Waals surface area contributed by atoms with Gasteiger partial charge in [0, 0.05) is 31.7 Å². The first-order valence-electron chi connectivity index (χ1n) is 16.9. The lowest BCUT2D eigenvalue weighted by molar-refractivity contribution is -0.175. The molecule has 3 aliphatic heterocycles. The van der Waals surface area contributed by atoms with E-state index < -0.39 is 55.5 Å². The quantitative estimate of drug-likeness (QED) is 0.157. The minimum atomic E-state index is -2.33. The number of nitrogens with one attached hydrogen (secondary N) is 1. The van der Waals surface area contributed by atoms with Crippen LogP contribution in [0.5, 0.6) is 0 Å². The number of morpholine rings is 1. The number of hydrogen-bond donors (Lipinski definition) is 4. The van der Waals surface area contributed by atoms with Crippen LogP contribution in [0.1, 0.15) is 71.8 Å². The number of carbonyl (C=O) groups excluding carboxylic acids is 2. The molecule has 50 heavy (non-hydrogen) atoms. The predicted octanol–water partition coefficient (Wildman–Crippen LogP) is 3.13. The molecule has 2 atom stereocenters. The molecule has 3 fully saturated rings. The van der Waals surface area contributed by atoms with Gasteiger partial charge in [-0.1, -0.05) is 57.0 Å². The number of likely N-dealkylation sites (tertiary alicyclic amines) is 1. The monoisotopic (exact) mass is 700 g/mol. The smallest absolute Gasteiger partial charge is 0.508 e. The van der Waals surface area contributed by atoms with Gasteiger partial charge < -0.3 is 39.6 Å². The molecule has 4 rings (SSSR count). The Labute approximate surface area is 293 Å². The molecule has 0 saturated carbocycles. The molecule has 3 aliphatic rings. The van der Waals surface area contributed by atoms with E-state index in [-0.39, 0.29) is 23.4 Å². The average Bonchev–Trinajstić information content (AvgIpc) is 3.38. The summed E-state index contributed by atoms with van der Waals surface area (Å²) >= 11 is 0. The summed E-state index contributed by atoms with van der Waals surface area (Å²) in [5, 5.41) is 39.0. The Kier molecular flexibility index (Phi) is 16.9. The zero-order chi connectivity index (χ0) is 37.3. The third-order valence-corrected chi connectivity index (χ3v) is 8.35. The summed E-state index contributed by atoms with van der Waals surface area (Å²) in [6.45, 7) is 12.8. The van der Waals surface area contributed by atoms with Crippen LogP contribution >= 0.6 is 0 Å². The number of benzene rings is 1. The molecule has 16 heteroatoms. The number of rotatable bonds is 10. The Balaban J connectivity index is 0.000000334. The molecule has 1 aromatic rings. The second-order valence-corrected chi connectivity index (χ2v) is 12.4. The molecule has 3 saturated heterocycles. The Morgan fingerprint density at radius 3 is 2.14 bits per heavy atom. The van der Waals surface area contributed by atoms with Crippen molar-refractivity contribution in [3.63, 3.8) is 0 Å². The van der Waals surface area contributed by atoms with Gasteiger partial charge in [-0.25, -0.2) is 9.59 Å². The first kappa shape index (κ1) is 41.7. The van der Waals surface area contributed by atoms with Crippen molar-refractivity contribution < 1.29 is 53.3 Å². The van der Waals surface area contributed by atoms with E-state index in [0.29, 0.717) is 18.8 Å². The molecule has 0 aromatic heterocycles. The molecule has 0 aliphatic carbocycles. The molecule has 0 radical (unpaired) electrons. The number of amides is 2. The maximum Gasteiger partial charge on any atom is 0.552 e. The lowest BCUT2D eigenvalue weighted by atomic mass is 9.71. The fraction of sp³-hybridized carbons (Fsp3) is 0.588. The highest BCUT2D eigenvalue weighted by Crippen LogP contribution is 2.29. The van der Waals surface area contributed by atoms with Crippen molar-refractivity contribution in [2.45, 2.75) is 89.7 Å². The van der Waals surface area contributed by atoms with Gasteiger partial charge in [0.15, 0.2) is 5.60 Å². The van der Waals surface area contributed by atoms with Gasteiger partial charge in [0.25, 0.3) is 11.9 Å². The van der Waals surface area contributed by atoms with Crippen molar-refractivity contribution in [2.75, 3.05) is 39.4 Å². The van der Waals surface area contributed by atoms with Crippen molar-refractivity contribution in [3.8, 4) is 6.07 Å². The van der Waals surface area contributed by atoms with E-state index in [0.717, 1.165) is 39.0 Å². The summed E-state index contributed by atoms with van der Waals surface area (Å²) in [6.07, 6.45) is 3.10. The molecule has 1 aromatic carbocycles. The SMILES string of the molecule is CC.CC(C)(/C=C(\C#N)C(=O)N1CCCCCC1)N1CCOCC1.O=C(O)CC1(C(=O)O)CC(=O)OB(C(Cc2ccccc2)NC(=O)O)O1. The zero-order valence-corrected chi connectivity index (χ0v) is 29.3. The molecular formula is C34H49BN4O11. The first-order valence-corrected chi connectivity index (χ1v) is 16.9. The Bertz CT molecular complexity index is 1370. The highest BCUT2D eigenvalue weighted by molar-refractivity contribution is 6.50. The van der Waals surface area contributed by atoms with Crippen molar-refractivity contribution in [3.05, 3.63) is 47.5 Å². The summed E-state index contributed by atoms with van der Waals surface area (Å²) < 4.78 is 15.6. The third-order valence-electron chi connectivity index (χ3n) is 8.35. The van der Waals surface area contributed by atoms with E-state index in [1.54, 1.807) is 30.3 Å². The van der Waals surface area contributed by atoms with E-state index in [9.17, 15) is 34.3 Å². The van der Waals surface area contributed by atoms with E-state index in [4.69, 9.17) is 24.3 Å². The first-order chi connectivity index (χ1) is 23.8. The molecular weight excluding hydrogens is 651 g/mol. The number of nitriles is 1. The highest BCUT2D eigenvalue weighted by Gasteiger charge is 2.54. The maximum atomic E-state index is 12.6. The van der Waals surface area contributed by atoms with Crippen LogP contribution in [0.25, 0.3) is 0 Å². The van der Waals surface area contributed by atoms with E-state index in [2.05, 4.69) is 30.1 Å². The van der Waals surface area contributed by atoms with Gasteiger partial charge >= 0.3 is 25.2 Å². The lowest BCUT2D eigenvalue weighted by Gasteiger charge is -2.39. The normalized spacial score (nSPS) is 20.6. The summed E-state index contributed by atoms with van der Waals surface area (Å²) in [7, 11) is -1.59. The van der Waals surface area contributed by atoms with Crippen molar-refractivity contribution >= 4 is 37.0 Å². The molecule has 4 N–H and O–H groups in total. The van der Waals surface area contributed by atoms with Gasteiger partial charge in [-0.2, -0.15) is 5.26 Å². The Hall–Kier alpha value is -4.46. The minimum absolute atomic E-state index is 0.0356. The van der Waals surface area contributed by atoms with Crippen LogP contribution in [0.15, 0.2) is 42.0 Å². The molecule has 0 spiro atoms. The highest BCUT2D eigenvalue weighted by atomic mass is 16.7. The Morgan fingerprint density at radius 2 is 1.62 bits per heavy atom. The number of carboxylic acid groups (broad SMARTS) is 3. The molecule has 2 unspecified atom stereocenters. The van der Waals surface area contributed by atoms with Crippen LogP contribution in [0.4, 0.5) is 4.79 Å². The molecule has 2 amide bonds. The number of aliphatic carboxylic acids is 2. The lowest BCUT2D eigenvalue weighted by Crippen LogP contribution is -2.61. The molecule has 3 heterocycles. The van der Waals surface area contributed by atoms with Gasteiger partial charge in [-0.05, 0) is 44.7 Å². The number of carbonyl (C=O) groups is 5. The van der Waals surface area contributed by atoms with Crippen LogP contribution in [0, 0.1) is 11.3 Å². The topological polar surface area (TPSA) is 216 Å². The van der Waals surface area contributed by atoms with Crippen LogP contribution < -0.4 is 5.32 Å². The van der Waals surface area contributed by atoms with E-state index in [1.165, 1.54) is 12.8 Å². The van der Waals surface area contributed by atoms with Gasteiger partial charge in [0.2, 0.25) is 0 Å². The summed E-state index contributed by atoms with van der Waals surface area (Å²) in [4.78, 5) is 62.3. The van der Waals surface area contributed by atoms with Crippen LogP contribution in [-0.2, 0) is 39.6 Å². The number of hydrogen-bond acceptors (Lipinski definition) is 10. The minimum Gasteiger partial charge on any atom is -0.508 e. The second-order valence-electron chi connectivity index (χ2n) is 12.4. The molecule has 15 nitrogen and oxygen atoms in total. The predicted molar refractivity (Wildman–Crippen MR) is 182 cm³/mol. The van der Waals surface area contributed by atoms with Gasteiger partial charge in [0.1, 0.15) is 11.6 Å². The fourth-order valence-electron chi connectivity index (χ4n) is 5.82. The van der Waals surface area contributed by atoms with Crippen LogP contribution in [0.2, 0.25) is 0 Å². The zero-order valence-electron chi connectivity index (χ0n) is 29.3. The third kappa shape index (κ3) is 12.8. The van der Waals surface area contributed by atoms with Crippen molar-refractivity contribution in [1.82, 2.24) is 15.1 Å². The average molecular weight is 701 g/mol. The molecule has 274 valence electrons. The van der Waals surface area contributed by atoms with Crippen LogP contribution in [-0.4, -0.2) is 119 Å². The number of nitrogens with zero attached hydrogens (tertiary/aromatic N) is 3. The van der Waals surface area contributed by atoms with Gasteiger partial charge in [-0.15, -0.1) is 0 Å². The summed E-state index contributed by atoms with van der Waals surface area (Å²) in [5.74, 6) is -5.35. The number of carboxylic acids is 2. The van der Waals surface area contributed by atoms with Gasteiger partial charge in [-0.3, -0.25) is 19.3 Å². The summed E-state index contributed by atoms with van der Waals surface area (Å²) in [5.41, 5.74) is -1.69. The van der Waals surface area contributed by atoms with Crippen LogP contribution in [0.3, 0.4) is 0 Å². The second kappa shape index (κ2) is 20.3. The van der Waals surface area contributed by atoms with E-state index >= 15 is 0 Å². The van der Waals surface area contributed by atoms with Crippen molar-refractivity contribution in [1.29, 1.82) is 5.26 Å². The van der Waals surface area contributed by atoms with E-state index in [1.807, 2.05) is 24.8 Å². The number of ether oxygens (including phenoxy) is 1. The standard InChI is InChI=1S/C17H27N3O2.C15H16BNO9.C2H6/c1-17(2,20-9-11-22-12-10-20)13-15(14-18)16(21)19-7-5-3-4-6-8-19;18-11(19)7-15(13(21)22)8-12(20)25-16(26-15)10(17-14(23)24)6-9-4-2-1-3-5-9;1-2/h13H,3-12H2,1-2H3;1-5,10,17H,6-8H2,(H,18,19)(H,21,22)(H,23,24);1-2H3/b15-13+;;. The molecule has 0 bridgehead atoms. The Morgan fingerprint density at radius 1 is 1.02 bits per heavy atom. The largest absolute Gasteiger partial charge is 0.552 e. The summed E-state index contributed by atoms with van der Waals surface area (Å²) in [6, 6.07) is 10.7. The maximum absolute atomic E-state index is 12.6. The van der Waals surface area contributed by atoms with Gasteiger partial charge in [0.05, 0.1) is 32.0 Å².